The van der Waals surface area contributed by atoms with Crippen molar-refractivity contribution in [2.45, 2.75) is 12.6 Å². The van der Waals surface area contributed by atoms with E-state index in [4.69, 9.17) is 14.3 Å². The van der Waals surface area contributed by atoms with Crippen LogP contribution in [0.3, 0.4) is 0 Å². The Bertz CT molecular complexity index is 946. The van der Waals surface area contributed by atoms with Crippen LogP contribution in [0.2, 0.25) is 0 Å². The van der Waals surface area contributed by atoms with Crippen molar-refractivity contribution in [3.8, 4) is 0 Å². The van der Waals surface area contributed by atoms with Gasteiger partial charge in [0, 0.05) is 6.54 Å². The molecule has 152 valence electrons. The first kappa shape index (κ1) is 18.9. The highest BCUT2D eigenvalue weighted by molar-refractivity contribution is 5.90. The predicted molar refractivity (Wildman–Crippen MR) is 101 cm³/mol. The molecular weight excluding hydrogens is 383 g/mol. The molecule has 2 aliphatic heterocycles. The van der Waals surface area contributed by atoms with E-state index in [0.717, 1.165) is 0 Å². The fourth-order valence-electron chi connectivity index (χ4n) is 3.22. The lowest BCUT2D eigenvalue weighted by atomic mass is 10.2. The van der Waals surface area contributed by atoms with Gasteiger partial charge in [-0.15, -0.1) is 0 Å². The van der Waals surface area contributed by atoms with E-state index in [1.807, 2.05) is 0 Å². The van der Waals surface area contributed by atoms with Crippen molar-refractivity contribution >= 4 is 30.1 Å². The summed E-state index contributed by atoms with van der Waals surface area (Å²) in [6.07, 6.45) is 0.948. The number of rotatable bonds is 6. The minimum atomic E-state index is -0.609. The molecule has 1 unspecified atom stereocenters. The molecule has 1 saturated heterocycles. The number of anilines is 2. The summed E-state index contributed by atoms with van der Waals surface area (Å²) in [5, 5.41) is 15.2. The summed E-state index contributed by atoms with van der Waals surface area (Å²) >= 11 is 0. The molecule has 1 amide bonds. The summed E-state index contributed by atoms with van der Waals surface area (Å²) in [6, 6.07) is 7.78. The van der Waals surface area contributed by atoms with Gasteiger partial charge in [0.25, 0.3) is 0 Å². The van der Waals surface area contributed by atoms with Crippen LogP contribution in [0, 0.1) is 5.82 Å². The Morgan fingerprint density at radius 1 is 1.28 bits per heavy atom. The number of carbonyl (C=O) groups is 2. The lowest BCUT2D eigenvalue weighted by Gasteiger charge is -2.30. The maximum Gasteiger partial charge on any atom is 0.414 e. The molecule has 0 aliphatic carbocycles. The van der Waals surface area contributed by atoms with Gasteiger partial charge >= 0.3 is 6.09 Å². The van der Waals surface area contributed by atoms with E-state index in [9.17, 15) is 14.0 Å². The van der Waals surface area contributed by atoms with Gasteiger partial charge in [0.15, 0.2) is 12.0 Å². The lowest BCUT2D eigenvalue weighted by molar-refractivity contribution is 0.0963. The first-order valence-electron chi connectivity index (χ1n) is 9.05. The van der Waals surface area contributed by atoms with Crippen molar-refractivity contribution in [1.82, 2.24) is 5.01 Å². The molecule has 1 atom stereocenters. The minimum absolute atomic E-state index is 0.173. The van der Waals surface area contributed by atoms with Crippen LogP contribution in [0.1, 0.15) is 16.3 Å². The van der Waals surface area contributed by atoms with Crippen LogP contribution in [0.15, 0.2) is 39.9 Å². The highest BCUT2D eigenvalue weighted by Crippen LogP contribution is 2.28. The van der Waals surface area contributed by atoms with Gasteiger partial charge in [0.1, 0.15) is 24.0 Å². The Labute approximate surface area is 165 Å². The summed E-state index contributed by atoms with van der Waals surface area (Å²) in [6.45, 7) is 1.33. The number of aliphatic hydroxyl groups is 1. The number of aldehydes is 1. The van der Waals surface area contributed by atoms with Crippen LogP contribution in [-0.2, 0) is 11.3 Å². The second-order valence-electron chi connectivity index (χ2n) is 6.67. The maximum absolute atomic E-state index is 14.7. The second kappa shape index (κ2) is 7.92. The van der Waals surface area contributed by atoms with Gasteiger partial charge in [-0.2, -0.15) is 5.10 Å². The first-order valence-corrected chi connectivity index (χ1v) is 9.05. The van der Waals surface area contributed by atoms with Gasteiger partial charge in [-0.05, 0) is 30.3 Å². The molecule has 4 rings (SSSR count). The van der Waals surface area contributed by atoms with Gasteiger partial charge in [0.05, 0.1) is 37.6 Å². The molecular formula is C19H19FN4O5. The van der Waals surface area contributed by atoms with Gasteiger partial charge in [-0.25, -0.2) is 9.18 Å². The largest absolute Gasteiger partial charge is 0.456 e. The molecule has 1 aromatic carbocycles. The number of nitrogens with zero attached hydrogens (tertiary/aromatic N) is 4. The fraction of sp³-hybridized carbons (Fsp3) is 0.316. The number of cyclic esters (lactones) is 1. The van der Waals surface area contributed by atoms with E-state index in [0.29, 0.717) is 43.1 Å². The third-order valence-electron chi connectivity index (χ3n) is 4.72. The van der Waals surface area contributed by atoms with Crippen LogP contribution in [-0.4, -0.2) is 61.2 Å². The molecule has 0 spiro atoms. The number of hydrogen-bond acceptors (Lipinski definition) is 8. The van der Waals surface area contributed by atoms with Gasteiger partial charge in [-0.3, -0.25) is 14.7 Å². The van der Waals surface area contributed by atoms with E-state index in [2.05, 4.69) is 5.10 Å². The summed E-state index contributed by atoms with van der Waals surface area (Å²) in [4.78, 5) is 25.5. The average molecular weight is 402 g/mol. The number of halogens is 1. The van der Waals surface area contributed by atoms with Crippen molar-refractivity contribution in [3.63, 3.8) is 0 Å². The van der Waals surface area contributed by atoms with E-state index in [1.165, 1.54) is 17.3 Å². The van der Waals surface area contributed by atoms with E-state index in [1.54, 1.807) is 34.2 Å². The Morgan fingerprint density at radius 2 is 2.14 bits per heavy atom. The third-order valence-corrected chi connectivity index (χ3v) is 4.72. The number of hydrogen-bond donors (Lipinski definition) is 1. The summed E-state index contributed by atoms with van der Waals surface area (Å²) in [7, 11) is 0. The van der Waals surface area contributed by atoms with E-state index >= 15 is 0 Å². The van der Waals surface area contributed by atoms with Gasteiger partial charge < -0.3 is 19.2 Å². The molecule has 0 radical (unpaired) electrons. The molecule has 3 heterocycles. The van der Waals surface area contributed by atoms with Crippen LogP contribution in [0.5, 0.6) is 0 Å². The molecule has 0 saturated carbocycles. The Balaban J connectivity index is 1.43. The SMILES string of the molecule is O=Cc1ccc(CN2CCN(c3ccc(N4CC(CO)OC4=O)cc3F)C=N2)o1. The van der Waals surface area contributed by atoms with Crippen LogP contribution in [0.4, 0.5) is 20.6 Å². The number of benzene rings is 1. The quantitative estimate of drug-likeness (QED) is 0.736. The average Bonchev–Trinajstić information content (AvgIpc) is 3.34. The maximum atomic E-state index is 14.7. The first-order chi connectivity index (χ1) is 14.1. The highest BCUT2D eigenvalue weighted by Gasteiger charge is 2.32. The molecule has 29 heavy (non-hydrogen) atoms. The standard InChI is InChI=1S/C19H19FN4O5/c20-17-7-13(24-9-16(11-26)29-19(24)27)1-4-18(17)22-5-6-23(21-12-22)8-14-2-3-15(10-25)28-14/h1-4,7,10,12,16,26H,5-6,8-9,11H2. The fourth-order valence-corrected chi connectivity index (χ4v) is 3.22. The van der Waals surface area contributed by atoms with Crippen LogP contribution < -0.4 is 9.80 Å². The molecule has 10 heteroatoms. The normalized spacial score (nSPS) is 19.0. The summed E-state index contributed by atoms with van der Waals surface area (Å²) in [5.74, 6) is 0.383. The minimum Gasteiger partial charge on any atom is -0.456 e. The highest BCUT2D eigenvalue weighted by atomic mass is 19.1. The number of carbonyl (C=O) groups excluding carboxylic acids is 2. The Morgan fingerprint density at radius 3 is 2.76 bits per heavy atom. The molecule has 2 aromatic rings. The predicted octanol–water partition coefficient (Wildman–Crippen LogP) is 1.81. The van der Waals surface area contributed by atoms with Gasteiger partial charge in [0.2, 0.25) is 0 Å². The number of amides is 1. The smallest absolute Gasteiger partial charge is 0.414 e. The Kier molecular flexibility index (Phi) is 5.17. The second-order valence-corrected chi connectivity index (χ2v) is 6.67. The van der Waals surface area contributed by atoms with Crippen molar-refractivity contribution in [3.05, 3.63) is 47.7 Å². The zero-order valence-corrected chi connectivity index (χ0v) is 15.4. The number of aliphatic hydroxyl groups excluding tert-OH is 1. The van der Waals surface area contributed by atoms with Crippen LogP contribution >= 0.6 is 0 Å². The van der Waals surface area contributed by atoms with E-state index < -0.39 is 18.0 Å². The number of hydrazone groups is 1. The van der Waals surface area contributed by atoms with Crippen molar-refractivity contribution in [1.29, 1.82) is 0 Å². The van der Waals surface area contributed by atoms with Crippen molar-refractivity contribution in [2.24, 2.45) is 5.10 Å². The van der Waals surface area contributed by atoms with Crippen LogP contribution in [0.25, 0.3) is 0 Å². The van der Waals surface area contributed by atoms with Gasteiger partial charge in [-0.1, -0.05) is 0 Å². The zero-order valence-electron chi connectivity index (χ0n) is 15.4. The molecule has 2 aliphatic rings. The number of furan rings is 1. The number of ether oxygens (including phenoxy) is 1. The third kappa shape index (κ3) is 3.92. The molecule has 1 N–H and O–H groups in total. The monoisotopic (exact) mass is 402 g/mol. The zero-order chi connectivity index (χ0) is 20.4. The molecule has 0 bridgehead atoms. The molecule has 1 aromatic heterocycles. The molecule has 1 fully saturated rings. The molecule has 9 nitrogen and oxygen atoms in total. The summed E-state index contributed by atoms with van der Waals surface area (Å²) in [5.41, 5.74) is 0.705. The van der Waals surface area contributed by atoms with E-state index in [-0.39, 0.29) is 18.9 Å². The Hall–Kier alpha value is -3.40. The summed E-state index contributed by atoms with van der Waals surface area (Å²) < 4.78 is 25.0. The van der Waals surface area contributed by atoms with Crippen molar-refractivity contribution in [2.75, 3.05) is 36.0 Å². The topological polar surface area (TPSA) is 98.8 Å². The van der Waals surface area contributed by atoms with Crippen molar-refractivity contribution < 1.29 is 28.2 Å². The lowest BCUT2D eigenvalue weighted by Crippen LogP contribution is -2.38.